The Morgan fingerprint density at radius 2 is 2.50 bits per heavy atom. The Morgan fingerprint density at radius 1 is 1.69 bits per heavy atom. The number of likely N-dealkylation sites (tertiary alicyclic amines) is 1. The average Bonchev–Trinajstić information content (AvgIpc) is 2.77. The van der Waals surface area contributed by atoms with Gasteiger partial charge in [0.05, 0.1) is 5.51 Å². The number of nitrogens with zero attached hydrogens (tertiary/aromatic N) is 2. The van der Waals surface area contributed by atoms with Crippen LogP contribution in [-0.2, 0) is 4.79 Å². The van der Waals surface area contributed by atoms with Crippen molar-refractivity contribution in [2.24, 2.45) is 0 Å². The molecule has 0 bridgehead atoms. The number of nitrogens with one attached hydrogen (secondary N) is 1. The Hall–Kier alpha value is -0.940. The Balaban J connectivity index is 1.88. The molecule has 0 radical (unpaired) electrons. The van der Waals surface area contributed by atoms with E-state index < -0.39 is 0 Å². The molecule has 2 atom stereocenters. The van der Waals surface area contributed by atoms with E-state index >= 15 is 0 Å². The summed E-state index contributed by atoms with van der Waals surface area (Å²) in [5.41, 5.74) is 1.85. The van der Waals surface area contributed by atoms with Crippen LogP contribution in [0, 0.1) is 0 Å². The van der Waals surface area contributed by atoms with Gasteiger partial charge in [0, 0.05) is 43.2 Å². The zero-order valence-corrected chi connectivity index (χ0v) is 10.5. The van der Waals surface area contributed by atoms with Crippen molar-refractivity contribution >= 4 is 17.2 Å². The largest absolute Gasteiger partial charge is 0.344 e. The van der Waals surface area contributed by atoms with Crippen molar-refractivity contribution in [1.29, 1.82) is 0 Å². The molecule has 4 nitrogen and oxygen atoms in total. The van der Waals surface area contributed by atoms with Gasteiger partial charge in [0.1, 0.15) is 0 Å². The molecule has 5 heteroatoms. The maximum absolute atomic E-state index is 11.3. The van der Waals surface area contributed by atoms with Crippen molar-refractivity contribution in [3.8, 4) is 0 Å². The molecule has 1 aromatic heterocycles. The van der Waals surface area contributed by atoms with Crippen LogP contribution in [-0.4, -0.2) is 35.4 Å². The molecular formula is C11H17N3OS. The minimum absolute atomic E-state index is 0.253. The number of carbonyl (C=O) groups is 1. The van der Waals surface area contributed by atoms with Gasteiger partial charge in [0.2, 0.25) is 5.91 Å². The van der Waals surface area contributed by atoms with Crippen LogP contribution in [0.15, 0.2) is 11.7 Å². The first kappa shape index (κ1) is 11.5. The second kappa shape index (κ2) is 4.93. The second-order valence-electron chi connectivity index (χ2n) is 4.30. The molecule has 0 saturated carbocycles. The highest BCUT2D eigenvalue weighted by atomic mass is 32.1. The van der Waals surface area contributed by atoms with E-state index in [0.29, 0.717) is 18.5 Å². The molecule has 1 aliphatic heterocycles. The molecule has 1 aromatic rings. The summed E-state index contributed by atoms with van der Waals surface area (Å²) < 4.78 is 0. The highest BCUT2D eigenvalue weighted by molar-refractivity contribution is 7.09. The first-order valence-electron chi connectivity index (χ1n) is 5.55. The molecule has 1 fully saturated rings. The van der Waals surface area contributed by atoms with Crippen LogP contribution >= 0.6 is 11.3 Å². The lowest BCUT2D eigenvalue weighted by Gasteiger charge is -2.32. The minimum Gasteiger partial charge on any atom is -0.344 e. The van der Waals surface area contributed by atoms with Crippen molar-refractivity contribution in [2.45, 2.75) is 31.8 Å². The number of thiazole rings is 1. The van der Waals surface area contributed by atoms with Gasteiger partial charge in [-0.2, -0.15) is 0 Å². The minimum atomic E-state index is 0.253. The zero-order valence-electron chi connectivity index (χ0n) is 9.64. The zero-order chi connectivity index (χ0) is 11.5. The summed E-state index contributed by atoms with van der Waals surface area (Å²) in [4.78, 5) is 18.5. The Morgan fingerprint density at radius 3 is 3.12 bits per heavy atom. The van der Waals surface area contributed by atoms with E-state index in [1.807, 2.05) is 18.8 Å². The molecule has 2 heterocycles. The van der Waals surface area contributed by atoms with E-state index in [1.165, 1.54) is 4.88 Å². The molecular weight excluding hydrogens is 222 g/mol. The SMILES string of the molecule is CC(NC1CCC(=O)N(C)C1)c1cncs1. The Bertz CT molecular complexity index is 352. The maximum atomic E-state index is 11.3. The number of piperidine rings is 1. The van der Waals surface area contributed by atoms with Crippen LogP contribution in [0.2, 0.25) is 0 Å². The van der Waals surface area contributed by atoms with Crippen molar-refractivity contribution in [1.82, 2.24) is 15.2 Å². The summed E-state index contributed by atoms with van der Waals surface area (Å²) in [7, 11) is 1.87. The summed E-state index contributed by atoms with van der Waals surface area (Å²) in [5.74, 6) is 0.253. The lowest BCUT2D eigenvalue weighted by molar-refractivity contribution is -0.132. The van der Waals surface area contributed by atoms with Crippen molar-refractivity contribution in [3.05, 3.63) is 16.6 Å². The molecule has 0 spiro atoms. The predicted molar refractivity (Wildman–Crippen MR) is 64.3 cm³/mol. The van der Waals surface area contributed by atoms with E-state index in [-0.39, 0.29) is 5.91 Å². The van der Waals surface area contributed by atoms with Crippen LogP contribution in [0.3, 0.4) is 0 Å². The molecule has 1 amide bonds. The summed E-state index contributed by atoms with van der Waals surface area (Å²) in [6.07, 6.45) is 3.50. The summed E-state index contributed by atoms with van der Waals surface area (Å²) in [6.45, 7) is 2.95. The fourth-order valence-electron chi connectivity index (χ4n) is 2.02. The van der Waals surface area contributed by atoms with Crippen molar-refractivity contribution in [3.63, 3.8) is 0 Å². The van der Waals surface area contributed by atoms with Crippen molar-refractivity contribution < 1.29 is 4.79 Å². The third-order valence-corrected chi connectivity index (χ3v) is 3.95. The first-order chi connectivity index (χ1) is 7.66. The van der Waals surface area contributed by atoms with Crippen LogP contribution in [0.1, 0.15) is 30.7 Å². The van der Waals surface area contributed by atoms with Crippen LogP contribution in [0.25, 0.3) is 0 Å². The predicted octanol–water partition coefficient (Wildman–Crippen LogP) is 1.41. The first-order valence-corrected chi connectivity index (χ1v) is 6.43. The van der Waals surface area contributed by atoms with Gasteiger partial charge in [-0.15, -0.1) is 11.3 Å². The fourth-order valence-corrected chi connectivity index (χ4v) is 2.66. The normalized spacial score (nSPS) is 23.5. The van der Waals surface area contributed by atoms with Gasteiger partial charge < -0.3 is 10.2 Å². The number of likely N-dealkylation sites (N-methyl/N-ethyl adjacent to an activating group) is 1. The molecule has 2 rings (SSSR count). The Kier molecular flexibility index (Phi) is 3.56. The average molecular weight is 239 g/mol. The number of carbonyl (C=O) groups excluding carboxylic acids is 1. The monoisotopic (exact) mass is 239 g/mol. The maximum Gasteiger partial charge on any atom is 0.222 e. The number of hydrogen-bond acceptors (Lipinski definition) is 4. The van der Waals surface area contributed by atoms with Gasteiger partial charge in [-0.25, -0.2) is 0 Å². The summed E-state index contributed by atoms with van der Waals surface area (Å²) >= 11 is 1.67. The second-order valence-corrected chi connectivity index (χ2v) is 5.22. The number of aromatic nitrogens is 1. The summed E-state index contributed by atoms with van der Waals surface area (Å²) in [5, 5.41) is 3.55. The quantitative estimate of drug-likeness (QED) is 0.867. The van der Waals surface area contributed by atoms with Crippen LogP contribution < -0.4 is 5.32 Å². The molecule has 0 aromatic carbocycles. The van der Waals surface area contributed by atoms with E-state index in [1.54, 1.807) is 16.2 Å². The van der Waals surface area contributed by atoms with E-state index in [2.05, 4.69) is 17.2 Å². The van der Waals surface area contributed by atoms with E-state index in [0.717, 1.165) is 13.0 Å². The van der Waals surface area contributed by atoms with E-state index in [9.17, 15) is 4.79 Å². The molecule has 1 saturated heterocycles. The molecule has 1 N–H and O–H groups in total. The standard InChI is InChI=1S/C11H17N3OS/c1-8(10-5-12-7-16-10)13-9-3-4-11(15)14(2)6-9/h5,7-9,13H,3-4,6H2,1-2H3. The highest BCUT2D eigenvalue weighted by Gasteiger charge is 2.24. The molecule has 16 heavy (non-hydrogen) atoms. The Labute approximate surface area is 99.7 Å². The fraction of sp³-hybridized carbons (Fsp3) is 0.636. The van der Waals surface area contributed by atoms with Gasteiger partial charge in [-0.1, -0.05) is 0 Å². The molecule has 2 unspecified atom stereocenters. The van der Waals surface area contributed by atoms with Crippen LogP contribution in [0.5, 0.6) is 0 Å². The highest BCUT2D eigenvalue weighted by Crippen LogP contribution is 2.19. The summed E-state index contributed by atoms with van der Waals surface area (Å²) in [6, 6.07) is 0.721. The third kappa shape index (κ3) is 2.59. The van der Waals surface area contributed by atoms with E-state index in [4.69, 9.17) is 0 Å². The molecule has 88 valence electrons. The molecule has 0 aliphatic carbocycles. The lowest BCUT2D eigenvalue weighted by atomic mass is 10.0. The third-order valence-electron chi connectivity index (χ3n) is 2.99. The van der Waals surface area contributed by atoms with Gasteiger partial charge in [-0.3, -0.25) is 9.78 Å². The number of amides is 1. The smallest absolute Gasteiger partial charge is 0.222 e. The number of rotatable bonds is 3. The van der Waals surface area contributed by atoms with Gasteiger partial charge in [-0.05, 0) is 13.3 Å². The molecule has 1 aliphatic rings. The van der Waals surface area contributed by atoms with Gasteiger partial charge in [0.25, 0.3) is 0 Å². The van der Waals surface area contributed by atoms with Gasteiger partial charge >= 0.3 is 0 Å². The lowest BCUT2D eigenvalue weighted by Crippen LogP contribution is -2.47. The van der Waals surface area contributed by atoms with Crippen molar-refractivity contribution in [2.75, 3.05) is 13.6 Å². The van der Waals surface area contributed by atoms with Crippen LogP contribution in [0.4, 0.5) is 0 Å². The number of hydrogen-bond donors (Lipinski definition) is 1. The topological polar surface area (TPSA) is 45.2 Å². The van der Waals surface area contributed by atoms with Gasteiger partial charge in [0.15, 0.2) is 0 Å².